The van der Waals surface area contributed by atoms with Gasteiger partial charge in [0.1, 0.15) is 13.2 Å². The number of alkyl halides is 1. The second kappa shape index (κ2) is 42.1. The zero-order chi connectivity index (χ0) is 38.0. The third-order valence-corrected chi connectivity index (χ3v) is 10.0. The topological polar surface area (TPSA) is 78.9 Å². The first-order chi connectivity index (χ1) is 25.5. The Bertz CT molecular complexity index is 801. The Morgan fingerprint density at radius 1 is 0.423 bits per heavy atom. The normalized spacial score (nSPS) is 12.1. The van der Waals surface area contributed by atoms with Gasteiger partial charge in [-0.05, 0) is 77.0 Å². The molecule has 7 heteroatoms. The van der Waals surface area contributed by atoms with Crippen LogP contribution in [0.25, 0.3) is 0 Å². The summed E-state index contributed by atoms with van der Waals surface area (Å²) < 4.78 is 16.5. The van der Waals surface area contributed by atoms with Crippen molar-refractivity contribution in [1.82, 2.24) is 0 Å². The molecule has 52 heavy (non-hydrogen) atoms. The van der Waals surface area contributed by atoms with Gasteiger partial charge in [-0.1, -0.05) is 163 Å². The molecule has 0 atom stereocenters. The van der Waals surface area contributed by atoms with Crippen molar-refractivity contribution in [1.29, 1.82) is 0 Å². The molecule has 0 bridgehead atoms. The van der Waals surface area contributed by atoms with E-state index in [9.17, 15) is 14.4 Å². The molecule has 0 amide bonds. The lowest BCUT2D eigenvalue weighted by molar-refractivity contribution is -0.167. The second-order valence-corrected chi connectivity index (χ2v) is 15.4. The summed E-state index contributed by atoms with van der Waals surface area (Å²) in [6.07, 6.45) is 43.6. The van der Waals surface area contributed by atoms with Crippen LogP contribution in [0.3, 0.4) is 0 Å². The van der Waals surface area contributed by atoms with Crippen molar-refractivity contribution >= 4 is 33.8 Å². The van der Waals surface area contributed by atoms with Crippen LogP contribution in [-0.2, 0) is 28.6 Å². The van der Waals surface area contributed by atoms with Crippen LogP contribution < -0.4 is 0 Å². The van der Waals surface area contributed by atoms with E-state index in [-0.39, 0.29) is 31.1 Å². The van der Waals surface area contributed by atoms with Crippen LogP contribution in [0.2, 0.25) is 0 Å². The van der Waals surface area contributed by atoms with E-state index in [2.05, 4.69) is 54.1 Å². The van der Waals surface area contributed by atoms with Crippen LogP contribution in [0, 0.1) is 0 Å². The van der Waals surface area contributed by atoms with Crippen molar-refractivity contribution in [3.63, 3.8) is 0 Å². The number of hydrogen-bond donors (Lipinski definition) is 0. The Labute approximate surface area is 329 Å². The minimum absolute atomic E-state index is 0.0856. The van der Waals surface area contributed by atoms with Gasteiger partial charge in [-0.15, -0.1) is 0 Å². The summed E-state index contributed by atoms with van der Waals surface area (Å²) in [6, 6.07) is 0. The fraction of sp³-hybridized carbons (Fsp3) is 0.844. The molecule has 0 aliphatic carbocycles. The van der Waals surface area contributed by atoms with Gasteiger partial charge in [0.25, 0.3) is 0 Å². The highest BCUT2D eigenvalue weighted by Gasteiger charge is 2.19. The van der Waals surface area contributed by atoms with Gasteiger partial charge in [-0.2, -0.15) is 0 Å². The standard InChI is InChI=1S/C45H81BrO6/c1-3-5-7-9-11-13-15-17-19-21-23-25-27-29-32-36-43(47)50-40-42(52-45(49)38-34-31-35-39-46)41-51-44(48)37-33-30-28-26-24-22-20-18-16-14-12-10-8-6-4-2/h17-20,42H,3-16,21-41H2,1-2H3. The Hall–Kier alpha value is -1.63. The molecular formula is C45H81BrO6. The van der Waals surface area contributed by atoms with E-state index in [1.54, 1.807) is 0 Å². The summed E-state index contributed by atoms with van der Waals surface area (Å²) >= 11 is 3.41. The molecule has 0 rings (SSSR count). The number of halogens is 1. The first-order valence-corrected chi connectivity index (χ1v) is 23.0. The number of rotatable bonds is 40. The number of unbranched alkanes of at least 4 members (excludes halogenated alkanes) is 24. The molecule has 0 saturated heterocycles. The second-order valence-electron chi connectivity index (χ2n) is 14.6. The number of esters is 3. The highest BCUT2D eigenvalue weighted by molar-refractivity contribution is 9.09. The smallest absolute Gasteiger partial charge is 0.306 e. The highest BCUT2D eigenvalue weighted by atomic mass is 79.9. The summed E-state index contributed by atoms with van der Waals surface area (Å²) in [5, 5.41) is 0.907. The van der Waals surface area contributed by atoms with E-state index in [0.717, 1.165) is 76.0 Å². The van der Waals surface area contributed by atoms with E-state index in [0.29, 0.717) is 19.3 Å². The van der Waals surface area contributed by atoms with Gasteiger partial charge in [0.05, 0.1) is 0 Å². The molecule has 0 saturated carbocycles. The first kappa shape index (κ1) is 50.4. The number of carbonyl (C=O) groups is 3. The van der Waals surface area contributed by atoms with Gasteiger partial charge >= 0.3 is 17.9 Å². The number of allylic oxidation sites excluding steroid dienone is 4. The van der Waals surface area contributed by atoms with E-state index in [1.807, 2.05) is 0 Å². The van der Waals surface area contributed by atoms with Crippen LogP contribution in [0.1, 0.15) is 219 Å². The minimum Gasteiger partial charge on any atom is -0.462 e. The summed E-state index contributed by atoms with van der Waals surface area (Å²) in [7, 11) is 0. The van der Waals surface area contributed by atoms with Crippen molar-refractivity contribution < 1.29 is 28.6 Å². The number of ether oxygens (including phenoxy) is 3. The molecule has 304 valence electrons. The lowest BCUT2D eigenvalue weighted by Gasteiger charge is -2.18. The Morgan fingerprint density at radius 2 is 0.731 bits per heavy atom. The van der Waals surface area contributed by atoms with Gasteiger partial charge in [-0.3, -0.25) is 14.4 Å². The van der Waals surface area contributed by atoms with Gasteiger partial charge in [0.2, 0.25) is 0 Å². The first-order valence-electron chi connectivity index (χ1n) is 21.9. The molecule has 0 radical (unpaired) electrons. The van der Waals surface area contributed by atoms with E-state index >= 15 is 0 Å². The Balaban J connectivity index is 4.14. The fourth-order valence-corrected chi connectivity index (χ4v) is 6.49. The molecular weight excluding hydrogens is 716 g/mol. The third-order valence-electron chi connectivity index (χ3n) is 9.46. The predicted octanol–water partition coefficient (Wildman–Crippen LogP) is 14.0. The van der Waals surface area contributed by atoms with Crippen LogP contribution in [0.4, 0.5) is 0 Å². The van der Waals surface area contributed by atoms with Gasteiger partial charge in [0, 0.05) is 24.6 Å². The molecule has 0 unspecified atom stereocenters. The predicted molar refractivity (Wildman–Crippen MR) is 223 cm³/mol. The number of hydrogen-bond acceptors (Lipinski definition) is 6. The molecule has 0 aliphatic rings. The van der Waals surface area contributed by atoms with Crippen LogP contribution >= 0.6 is 15.9 Å². The molecule has 0 heterocycles. The minimum atomic E-state index is -0.778. The molecule has 6 nitrogen and oxygen atoms in total. The zero-order valence-electron chi connectivity index (χ0n) is 34.0. The maximum Gasteiger partial charge on any atom is 0.306 e. The van der Waals surface area contributed by atoms with Crippen molar-refractivity contribution in [3.8, 4) is 0 Å². The van der Waals surface area contributed by atoms with Crippen molar-refractivity contribution in [2.75, 3.05) is 18.5 Å². The SMILES string of the molecule is CCCCCCCCC=CCCCCCCCC(=O)OCC(COC(=O)CCCCCCCC=CCCCCCCCC)OC(=O)CCCCCBr. The highest BCUT2D eigenvalue weighted by Crippen LogP contribution is 2.13. The lowest BCUT2D eigenvalue weighted by Crippen LogP contribution is -2.30. The molecule has 0 aliphatic heterocycles. The Kier molecular flexibility index (Phi) is 40.8. The average Bonchev–Trinajstić information content (AvgIpc) is 3.14. The van der Waals surface area contributed by atoms with Gasteiger partial charge in [0.15, 0.2) is 6.10 Å². The maximum atomic E-state index is 12.4. The summed E-state index contributed by atoms with van der Waals surface area (Å²) in [4.78, 5) is 37.3. The van der Waals surface area contributed by atoms with Crippen molar-refractivity contribution in [2.24, 2.45) is 0 Å². The van der Waals surface area contributed by atoms with Crippen LogP contribution in [-0.4, -0.2) is 42.6 Å². The largest absolute Gasteiger partial charge is 0.462 e. The van der Waals surface area contributed by atoms with E-state index in [4.69, 9.17) is 14.2 Å². The lowest BCUT2D eigenvalue weighted by atomic mass is 10.1. The molecule has 0 aromatic rings. The van der Waals surface area contributed by atoms with Gasteiger partial charge < -0.3 is 14.2 Å². The molecule has 0 aromatic heterocycles. The summed E-state index contributed by atoms with van der Waals surface area (Å²) in [5.74, 6) is -0.938. The molecule has 0 aromatic carbocycles. The van der Waals surface area contributed by atoms with Crippen LogP contribution in [0.5, 0.6) is 0 Å². The third kappa shape index (κ3) is 39.6. The average molecular weight is 798 g/mol. The summed E-state index contributed by atoms with van der Waals surface area (Å²) in [6.45, 7) is 4.35. The van der Waals surface area contributed by atoms with Gasteiger partial charge in [-0.25, -0.2) is 0 Å². The number of carbonyl (C=O) groups excluding carboxylic acids is 3. The fourth-order valence-electron chi connectivity index (χ4n) is 6.10. The quantitative estimate of drug-likeness (QED) is 0.0202. The molecule has 0 fully saturated rings. The van der Waals surface area contributed by atoms with Crippen molar-refractivity contribution in [3.05, 3.63) is 24.3 Å². The monoisotopic (exact) mass is 797 g/mol. The molecule has 0 spiro atoms. The zero-order valence-corrected chi connectivity index (χ0v) is 35.5. The molecule has 0 N–H and O–H groups in total. The van der Waals surface area contributed by atoms with Crippen LogP contribution in [0.15, 0.2) is 24.3 Å². The van der Waals surface area contributed by atoms with Crippen molar-refractivity contribution in [2.45, 2.75) is 225 Å². The maximum absolute atomic E-state index is 12.4. The summed E-state index contributed by atoms with van der Waals surface area (Å²) in [5.41, 5.74) is 0. The Morgan fingerprint density at radius 3 is 1.10 bits per heavy atom. The van der Waals surface area contributed by atoms with E-state index < -0.39 is 6.10 Å². The van der Waals surface area contributed by atoms with E-state index in [1.165, 1.54) is 116 Å².